The van der Waals surface area contributed by atoms with Crippen molar-refractivity contribution in [2.75, 3.05) is 0 Å². The van der Waals surface area contributed by atoms with Gasteiger partial charge in [-0.3, -0.25) is 0 Å². The first kappa shape index (κ1) is 12.5. The third-order valence-corrected chi connectivity index (χ3v) is 1.22. The van der Waals surface area contributed by atoms with Crippen LogP contribution < -0.4 is 18.9 Å². The Labute approximate surface area is 75.8 Å². The van der Waals surface area contributed by atoms with Gasteiger partial charge in [-0.1, -0.05) is 35.4 Å². The van der Waals surface area contributed by atoms with Gasteiger partial charge in [-0.05, 0) is 13.8 Å². The van der Waals surface area contributed by atoms with Gasteiger partial charge >= 0.3 is 18.9 Å². The summed E-state index contributed by atoms with van der Waals surface area (Å²) in [7, 11) is 0. The van der Waals surface area contributed by atoms with Crippen LogP contribution >= 0.6 is 0 Å². The Bertz CT molecular complexity index is 144. The maximum Gasteiger partial charge on any atom is 1.00 e. The van der Waals surface area contributed by atoms with Gasteiger partial charge in [0, 0.05) is 0 Å². The van der Waals surface area contributed by atoms with Gasteiger partial charge < -0.3 is 7.43 Å². The van der Waals surface area contributed by atoms with E-state index in [1.807, 2.05) is 0 Å². The third-order valence-electron chi connectivity index (χ3n) is 1.22. The number of hydrogen-bond acceptors (Lipinski definition) is 0. The summed E-state index contributed by atoms with van der Waals surface area (Å²) in [6.45, 7) is 4.19. The second-order valence-corrected chi connectivity index (χ2v) is 2.15. The van der Waals surface area contributed by atoms with Gasteiger partial charge in [-0.15, -0.1) is 0 Å². The zero-order chi connectivity index (χ0) is 5.98. The molecule has 0 amide bonds. The summed E-state index contributed by atoms with van der Waals surface area (Å²) in [6, 6.07) is 8.48. The molecule has 0 saturated carbocycles. The Morgan fingerprint density at radius 1 is 0.800 bits per heavy atom. The summed E-state index contributed by atoms with van der Waals surface area (Å²) >= 11 is 0. The minimum absolute atomic E-state index is 0. The van der Waals surface area contributed by atoms with Crippen LogP contribution in [-0.4, -0.2) is 0 Å². The van der Waals surface area contributed by atoms with E-state index >= 15 is 0 Å². The number of hydrogen-bond donors (Lipinski definition) is 0. The summed E-state index contributed by atoms with van der Waals surface area (Å²) < 4.78 is 0. The molecule has 0 spiro atoms. The van der Waals surface area contributed by atoms with Crippen molar-refractivity contribution in [2.45, 2.75) is 13.8 Å². The van der Waals surface area contributed by atoms with E-state index in [0.29, 0.717) is 0 Å². The molecule has 1 aromatic carbocycles. The van der Waals surface area contributed by atoms with Crippen molar-refractivity contribution in [2.24, 2.45) is 0 Å². The standard InChI is InChI=1S/C8H10.CH3.Li/c1-7-3-5-8(2)6-4-7;;/h3-6H,1-2H3;1H3;/q;-1;+1. The van der Waals surface area contributed by atoms with Gasteiger partial charge in [0.05, 0.1) is 0 Å². The number of aryl methyl sites for hydroxylation is 2. The summed E-state index contributed by atoms with van der Waals surface area (Å²) in [5.74, 6) is 0. The van der Waals surface area contributed by atoms with Crippen molar-refractivity contribution in [3.63, 3.8) is 0 Å². The number of rotatable bonds is 0. The smallest absolute Gasteiger partial charge is 0.358 e. The summed E-state index contributed by atoms with van der Waals surface area (Å²) in [5, 5.41) is 0. The van der Waals surface area contributed by atoms with E-state index < -0.39 is 0 Å². The van der Waals surface area contributed by atoms with E-state index in [-0.39, 0.29) is 26.3 Å². The van der Waals surface area contributed by atoms with Crippen LogP contribution in [0, 0.1) is 21.3 Å². The van der Waals surface area contributed by atoms with Crippen LogP contribution in [0.1, 0.15) is 11.1 Å². The largest absolute Gasteiger partial charge is 1.00 e. The van der Waals surface area contributed by atoms with Crippen LogP contribution in [-0.2, 0) is 0 Å². The Balaban J connectivity index is 0. The first-order valence-corrected chi connectivity index (χ1v) is 2.82. The second kappa shape index (κ2) is 5.59. The van der Waals surface area contributed by atoms with E-state index in [1.54, 1.807) is 0 Å². The molecule has 1 rings (SSSR count). The molecule has 0 atom stereocenters. The van der Waals surface area contributed by atoms with Crippen molar-refractivity contribution >= 4 is 0 Å². The van der Waals surface area contributed by atoms with E-state index in [1.165, 1.54) is 11.1 Å². The topological polar surface area (TPSA) is 0 Å². The molecule has 0 aliphatic rings. The van der Waals surface area contributed by atoms with Crippen LogP contribution in [0.5, 0.6) is 0 Å². The van der Waals surface area contributed by atoms with Gasteiger partial charge in [-0.25, -0.2) is 0 Å². The molecule has 0 unspecified atom stereocenters. The molecule has 0 bridgehead atoms. The predicted molar refractivity (Wildman–Crippen MR) is 42.3 cm³/mol. The van der Waals surface area contributed by atoms with Gasteiger partial charge in [0.2, 0.25) is 0 Å². The molecule has 10 heavy (non-hydrogen) atoms. The molecular weight excluding hydrogens is 115 g/mol. The molecule has 50 valence electrons. The molecule has 0 heterocycles. The average Bonchev–Trinajstić information content (AvgIpc) is 1.77. The molecule has 0 saturated heterocycles. The van der Waals surface area contributed by atoms with Crippen LogP contribution in [0.25, 0.3) is 0 Å². The van der Waals surface area contributed by atoms with Crippen molar-refractivity contribution in [1.29, 1.82) is 0 Å². The maximum absolute atomic E-state index is 2.12. The fourth-order valence-corrected chi connectivity index (χ4v) is 0.637. The SMILES string of the molecule is Cc1ccc(C)cc1.[CH3-].[Li+]. The molecule has 0 N–H and O–H groups in total. The first-order chi connectivity index (χ1) is 3.79. The second-order valence-electron chi connectivity index (χ2n) is 2.15. The van der Waals surface area contributed by atoms with Crippen molar-refractivity contribution in [3.05, 3.63) is 42.8 Å². The Morgan fingerprint density at radius 2 is 1.00 bits per heavy atom. The van der Waals surface area contributed by atoms with Gasteiger partial charge in [0.1, 0.15) is 0 Å². The first-order valence-electron chi connectivity index (χ1n) is 2.82. The molecule has 0 aliphatic carbocycles. The molecule has 1 heteroatoms. The summed E-state index contributed by atoms with van der Waals surface area (Å²) in [5.41, 5.74) is 2.66. The van der Waals surface area contributed by atoms with Crippen LogP contribution in [0.4, 0.5) is 0 Å². The van der Waals surface area contributed by atoms with E-state index in [0.717, 1.165) is 0 Å². The molecule has 0 aliphatic heterocycles. The molecular formula is C9H13Li. The minimum Gasteiger partial charge on any atom is -0.358 e. The summed E-state index contributed by atoms with van der Waals surface area (Å²) in [4.78, 5) is 0. The Hall–Kier alpha value is -0.183. The Kier molecular flexibility index (Phi) is 6.98. The molecule has 0 aromatic heterocycles. The van der Waals surface area contributed by atoms with Crippen molar-refractivity contribution in [1.82, 2.24) is 0 Å². The van der Waals surface area contributed by atoms with E-state index in [9.17, 15) is 0 Å². The molecule has 1 aromatic rings. The fourth-order valence-electron chi connectivity index (χ4n) is 0.637. The van der Waals surface area contributed by atoms with Crippen LogP contribution in [0.15, 0.2) is 24.3 Å². The third kappa shape index (κ3) is 3.77. The quantitative estimate of drug-likeness (QED) is 0.334. The minimum atomic E-state index is 0. The number of benzene rings is 1. The van der Waals surface area contributed by atoms with Gasteiger partial charge in [0.15, 0.2) is 0 Å². The van der Waals surface area contributed by atoms with Gasteiger partial charge in [0.25, 0.3) is 0 Å². The Morgan fingerprint density at radius 3 is 1.20 bits per heavy atom. The molecule has 0 nitrogen and oxygen atoms in total. The monoisotopic (exact) mass is 128 g/mol. The average molecular weight is 128 g/mol. The van der Waals surface area contributed by atoms with Crippen LogP contribution in [0.2, 0.25) is 0 Å². The van der Waals surface area contributed by atoms with Crippen molar-refractivity contribution in [3.8, 4) is 0 Å². The predicted octanol–water partition coefficient (Wildman–Crippen LogP) is -0.242. The van der Waals surface area contributed by atoms with E-state index in [4.69, 9.17) is 0 Å². The molecule has 0 radical (unpaired) electrons. The van der Waals surface area contributed by atoms with Crippen molar-refractivity contribution < 1.29 is 18.9 Å². The fraction of sp³-hybridized carbons (Fsp3) is 0.222. The van der Waals surface area contributed by atoms with Crippen LogP contribution in [0.3, 0.4) is 0 Å². The zero-order valence-electron chi connectivity index (χ0n) is 7.31. The van der Waals surface area contributed by atoms with Gasteiger partial charge in [-0.2, -0.15) is 0 Å². The molecule has 0 fully saturated rings. The van der Waals surface area contributed by atoms with E-state index in [2.05, 4.69) is 38.1 Å². The summed E-state index contributed by atoms with van der Waals surface area (Å²) in [6.07, 6.45) is 0. The maximum atomic E-state index is 2.12. The zero-order valence-corrected chi connectivity index (χ0v) is 7.31. The normalized spacial score (nSPS) is 7.40.